The molecule has 112 valence electrons. The smallest absolute Gasteiger partial charge is 0.333 e. The summed E-state index contributed by atoms with van der Waals surface area (Å²) >= 11 is 0. The van der Waals surface area contributed by atoms with Crippen LogP contribution in [0.5, 0.6) is 0 Å². The van der Waals surface area contributed by atoms with Crippen molar-refractivity contribution in [3.8, 4) is 0 Å². The van der Waals surface area contributed by atoms with Crippen LogP contribution in [0.2, 0.25) is 0 Å². The van der Waals surface area contributed by atoms with E-state index >= 15 is 0 Å². The van der Waals surface area contributed by atoms with E-state index in [9.17, 15) is 20.0 Å². The number of aryl methyl sites for hydroxylation is 1. The number of aliphatic hydroxyl groups excluding tert-OH is 1. The largest absolute Gasteiger partial charge is 0.467 e. The SMILES string of the molecule is COC(=O)C(CO)Nc1c([N+](=O)[O-])c(C)nn1C(C)C. The zero-order valence-electron chi connectivity index (χ0n) is 11.8. The van der Waals surface area contributed by atoms with Crippen molar-refractivity contribution in [1.82, 2.24) is 9.78 Å². The standard InChI is InChI=1S/C11H18N4O5/c1-6(2)14-10(9(15(18)19)7(3)13-14)12-8(5-16)11(17)20-4/h6,8,12,16H,5H2,1-4H3. The van der Waals surface area contributed by atoms with Crippen LogP contribution in [0.3, 0.4) is 0 Å². The second-order valence-corrected chi connectivity index (χ2v) is 4.48. The van der Waals surface area contributed by atoms with Crippen molar-refractivity contribution in [2.45, 2.75) is 32.9 Å². The number of ether oxygens (including phenoxy) is 1. The zero-order valence-corrected chi connectivity index (χ0v) is 11.8. The van der Waals surface area contributed by atoms with Crippen LogP contribution >= 0.6 is 0 Å². The van der Waals surface area contributed by atoms with Crippen molar-refractivity contribution >= 4 is 17.5 Å². The molecule has 0 amide bonds. The highest BCUT2D eigenvalue weighted by Crippen LogP contribution is 2.31. The van der Waals surface area contributed by atoms with Gasteiger partial charge in [-0.25, -0.2) is 9.48 Å². The fraction of sp³-hybridized carbons (Fsp3) is 0.636. The van der Waals surface area contributed by atoms with Crippen molar-refractivity contribution in [2.24, 2.45) is 0 Å². The number of aromatic nitrogens is 2. The summed E-state index contributed by atoms with van der Waals surface area (Å²) in [4.78, 5) is 22.0. The predicted molar refractivity (Wildman–Crippen MR) is 70.5 cm³/mol. The van der Waals surface area contributed by atoms with Crippen LogP contribution in [0.25, 0.3) is 0 Å². The number of hydrogen-bond donors (Lipinski definition) is 2. The lowest BCUT2D eigenvalue weighted by Gasteiger charge is -2.17. The summed E-state index contributed by atoms with van der Waals surface area (Å²) in [6.07, 6.45) is 0. The van der Waals surface area contributed by atoms with E-state index in [4.69, 9.17) is 0 Å². The minimum atomic E-state index is -1.09. The number of nitrogens with one attached hydrogen (secondary N) is 1. The highest BCUT2D eigenvalue weighted by molar-refractivity contribution is 5.80. The number of rotatable bonds is 6. The molecule has 0 bridgehead atoms. The van der Waals surface area contributed by atoms with Crippen molar-refractivity contribution in [1.29, 1.82) is 0 Å². The Kier molecular flexibility index (Phi) is 5.03. The van der Waals surface area contributed by atoms with Gasteiger partial charge in [0.05, 0.1) is 18.6 Å². The molecule has 0 radical (unpaired) electrons. The summed E-state index contributed by atoms with van der Waals surface area (Å²) in [5, 5.41) is 27.0. The van der Waals surface area contributed by atoms with Gasteiger partial charge in [-0.05, 0) is 20.8 Å². The lowest BCUT2D eigenvalue weighted by Crippen LogP contribution is -2.35. The van der Waals surface area contributed by atoms with E-state index in [1.807, 2.05) is 0 Å². The molecule has 0 aromatic carbocycles. The third kappa shape index (κ3) is 3.05. The number of carbonyl (C=O) groups excluding carboxylic acids is 1. The number of nitro groups is 1. The molecular weight excluding hydrogens is 268 g/mol. The van der Waals surface area contributed by atoms with E-state index < -0.39 is 23.5 Å². The Labute approximate surface area is 115 Å². The molecule has 0 saturated heterocycles. The molecule has 1 heterocycles. The molecule has 1 atom stereocenters. The van der Waals surface area contributed by atoms with E-state index in [1.165, 1.54) is 18.7 Å². The monoisotopic (exact) mass is 286 g/mol. The van der Waals surface area contributed by atoms with Gasteiger partial charge in [0.2, 0.25) is 5.82 Å². The van der Waals surface area contributed by atoms with Crippen LogP contribution in [0.15, 0.2) is 0 Å². The number of esters is 1. The Bertz CT molecular complexity index is 511. The van der Waals surface area contributed by atoms with E-state index in [2.05, 4.69) is 15.2 Å². The highest BCUT2D eigenvalue weighted by atomic mass is 16.6. The maximum Gasteiger partial charge on any atom is 0.333 e. The van der Waals surface area contributed by atoms with Crippen molar-refractivity contribution in [3.05, 3.63) is 15.8 Å². The number of nitrogens with zero attached hydrogens (tertiary/aromatic N) is 3. The molecule has 0 aliphatic heterocycles. The Hall–Kier alpha value is -2.16. The molecule has 1 aromatic rings. The topological polar surface area (TPSA) is 120 Å². The number of methoxy groups -OCH3 is 1. The normalized spacial score (nSPS) is 12.3. The van der Waals surface area contributed by atoms with Gasteiger partial charge in [-0.15, -0.1) is 0 Å². The minimum Gasteiger partial charge on any atom is -0.467 e. The van der Waals surface area contributed by atoms with Gasteiger partial charge in [0.25, 0.3) is 0 Å². The fourth-order valence-electron chi connectivity index (χ4n) is 1.75. The average Bonchev–Trinajstić information content (AvgIpc) is 2.71. The number of carbonyl (C=O) groups is 1. The van der Waals surface area contributed by atoms with Crippen LogP contribution in [0, 0.1) is 17.0 Å². The van der Waals surface area contributed by atoms with Gasteiger partial charge in [0.15, 0.2) is 0 Å². The van der Waals surface area contributed by atoms with Crippen LogP contribution in [-0.2, 0) is 9.53 Å². The van der Waals surface area contributed by atoms with Gasteiger partial charge in [-0.1, -0.05) is 0 Å². The van der Waals surface area contributed by atoms with Crippen molar-refractivity contribution < 1.29 is 19.6 Å². The van der Waals surface area contributed by atoms with Gasteiger partial charge in [0.1, 0.15) is 11.7 Å². The molecule has 0 fully saturated rings. The zero-order chi connectivity index (χ0) is 15.4. The number of aliphatic hydroxyl groups is 1. The van der Waals surface area contributed by atoms with Gasteiger partial charge in [-0.3, -0.25) is 10.1 Å². The summed E-state index contributed by atoms with van der Waals surface area (Å²) < 4.78 is 5.92. The first-order valence-corrected chi connectivity index (χ1v) is 6.02. The first-order chi connectivity index (χ1) is 9.33. The molecule has 0 spiro atoms. The lowest BCUT2D eigenvalue weighted by atomic mass is 10.3. The van der Waals surface area contributed by atoms with E-state index in [0.717, 1.165) is 0 Å². The van der Waals surface area contributed by atoms with Crippen LogP contribution in [0.4, 0.5) is 11.5 Å². The first kappa shape index (κ1) is 15.9. The summed E-state index contributed by atoms with van der Waals surface area (Å²) in [6.45, 7) is 4.56. The number of hydrogen-bond acceptors (Lipinski definition) is 7. The molecule has 9 heteroatoms. The van der Waals surface area contributed by atoms with Crippen molar-refractivity contribution in [2.75, 3.05) is 19.0 Å². The second kappa shape index (κ2) is 6.33. The molecule has 1 rings (SSSR count). The van der Waals surface area contributed by atoms with E-state index in [1.54, 1.807) is 13.8 Å². The van der Waals surface area contributed by atoms with Gasteiger partial charge < -0.3 is 15.2 Å². The maximum atomic E-state index is 11.5. The van der Waals surface area contributed by atoms with Crippen LogP contribution in [-0.4, -0.2) is 45.5 Å². The Morgan fingerprint density at radius 1 is 1.60 bits per heavy atom. The molecule has 20 heavy (non-hydrogen) atoms. The Morgan fingerprint density at radius 2 is 2.20 bits per heavy atom. The third-order valence-electron chi connectivity index (χ3n) is 2.70. The molecule has 2 N–H and O–H groups in total. The Morgan fingerprint density at radius 3 is 2.60 bits per heavy atom. The highest BCUT2D eigenvalue weighted by Gasteiger charge is 2.30. The summed E-state index contributed by atoms with van der Waals surface area (Å²) in [5.74, 6) is -0.636. The quantitative estimate of drug-likeness (QED) is 0.447. The third-order valence-corrected chi connectivity index (χ3v) is 2.70. The summed E-state index contributed by atoms with van der Waals surface area (Å²) in [6, 6.07) is -1.24. The molecule has 0 aliphatic carbocycles. The van der Waals surface area contributed by atoms with E-state index in [0.29, 0.717) is 0 Å². The van der Waals surface area contributed by atoms with Crippen LogP contribution in [0.1, 0.15) is 25.6 Å². The summed E-state index contributed by atoms with van der Waals surface area (Å²) in [5.41, 5.74) is 0.00816. The molecule has 0 saturated carbocycles. The Balaban J connectivity index is 3.26. The van der Waals surface area contributed by atoms with Crippen LogP contribution < -0.4 is 5.32 Å². The van der Waals surface area contributed by atoms with Gasteiger partial charge in [0, 0.05) is 6.04 Å². The van der Waals surface area contributed by atoms with Crippen molar-refractivity contribution in [3.63, 3.8) is 0 Å². The molecule has 0 aliphatic rings. The number of anilines is 1. The predicted octanol–water partition coefficient (Wildman–Crippen LogP) is 0.626. The average molecular weight is 286 g/mol. The summed E-state index contributed by atoms with van der Waals surface area (Å²) in [7, 11) is 1.17. The van der Waals surface area contributed by atoms with E-state index in [-0.39, 0.29) is 23.2 Å². The lowest BCUT2D eigenvalue weighted by molar-refractivity contribution is -0.384. The molecule has 9 nitrogen and oxygen atoms in total. The first-order valence-electron chi connectivity index (χ1n) is 6.02. The fourth-order valence-corrected chi connectivity index (χ4v) is 1.75. The minimum absolute atomic E-state index is 0.0759. The molecule has 1 unspecified atom stereocenters. The maximum absolute atomic E-state index is 11.5. The van der Waals surface area contributed by atoms with Gasteiger partial charge in [-0.2, -0.15) is 5.10 Å². The molecular formula is C11H18N4O5. The molecule has 1 aromatic heterocycles. The second-order valence-electron chi connectivity index (χ2n) is 4.48. The van der Waals surface area contributed by atoms with Gasteiger partial charge >= 0.3 is 11.7 Å².